The molecule has 0 heterocycles. The average molecular weight is 330 g/mol. The van der Waals surface area contributed by atoms with Crippen molar-refractivity contribution in [2.24, 2.45) is 0 Å². The Morgan fingerprint density at radius 2 is 1.13 bits per heavy atom. The molecule has 0 saturated carbocycles. The van der Waals surface area contributed by atoms with Crippen molar-refractivity contribution >= 4 is 9.24 Å². The summed E-state index contributed by atoms with van der Waals surface area (Å²) < 4.78 is 0. The monoisotopic (exact) mass is 330 g/mol. The van der Waals surface area contributed by atoms with E-state index in [1.54, 1.807) is 0 Å². The number of phenols is 2. The predicted octanol–water partition coefficient (Wildman–Crippen LogP) is 5.12. The zero-order valence-electron chi connectivity index (χ0n) is 14.9. The van der Waals surface area contributed by atoms with Crippen molar-refractivity contribution in [1.82, 2.24) is 0 Å². The van der Waals surface area contributed by atoms with Gasteiger partial charge in [0.05, 0.1) is 0 Å². The van der Waals surface area contributed by atoms with E-state index in [1.807, 2.05) is 52.0 Å². The summed E-state index contributed by atoms with van der Waals surface area (Å²) in [5, 5.41) is 21.1. The Morgan fingerprint density at radius 1 is 0.783 bits per heavy atom. The molecule has 0 aliphatic carbocycles. The van der Waals surface area contributed by atoms with Crippen LogP contribution in [0.15, 0.2) is 24.3 Å². The van der Waals surface area contributed by atoms with Crippen molar-refractivity contribution in [1.29, 1.82) is 0 Å². The molecule has 2 N–H and O–H groups in total. The van der Waals surface area contributed by atoms with Gasteiger partial charge in [-0.15, -0.1) is 9.24 Å². The topological polar surface area (TPSA) is 40.5 Å². The first-order valence-corrected chi connectivity index (χ1v) is 8.49. The molecule has 0 aliphatic heterocycles. The van der Waals surface area contributed by atoms with Crippen LogP contribution in [0.5, 0.6) is 11.5 Å². The van der Waals surface area contributed by atoms with Gasteiger partial charge in [0.2, 0.25) is 0 Å². The molecule has 0 saturated heterocycles. The Bertz CT molecular complexity index is 685. The van der Waals surface area contributed by atoms with E-state index in [-0.39, 0.29) is 11.1 Å². The Hall–Kier alpha value is -1.53. The van der Waals surface area contributed by atoms with Gasteiger partial charge in [0.25, 0.3) is 0 Å². The second-order valence-electron chi connectivity index (χ2n) is 7.29. The van der Waals surface area contributed by atoms with Crippen molar-refractivity contribution in [3.8, 4) is 11.5 Å². The van der Waals surface area contributed by atoms with Gasteiger partial charge in [-0.1, -0.05) is 49.2 Å². The minimum Gasteiger partial charge on any atom is -0.507 e. The number of hydrogen-bond donors (Lipinski definition) is 2. The highest BCUT2D eigenvalue weighted by Crippen LogP contribution is 2.48. The molecule has 2 rings (SSSR count). The summed E-state index contributed by atoms with van der Waals surface area (Å²) >= 11 is 0. The first-order chi connectivity index (χ1) is 10.5. The lowest BCUT2D eigenvalue weighted by Gasteiger charge is -2.33. The van der Waals surface area contributed by atoms with E-state index in [9.17, 15) is 10.2 Å². The summed E-state index contributed by atoms with van der Waals surface area (Å²) in [4.78, 5) is 0. The molecule has 2 aromatic carbocycles. The molecule has 1 unspecified atom stereocenters. The van der Waals surface area contributed by atoms with E-state index in [0.29, 0.717) is 11.5 Å². The lowest BCUT2D eigenvalue weighted by atomic mass is 9.79. The summed E-state index contributed by atoms with van der Waals surface area (Å²) in [7, 11) is 2.86. The quantitative estimate of drug-likeness (QED) is 0.767. The highest BCUT2D eigenvalue weighted by atomic mass is 31.0. The fourth-order valence-electron chi connectivity index (χ4n) is 3.39. The first kappa shape index (κ1) is 17.8. The molecule has 0 bridgehead atoms. The number of aryl methyl sites for hydroxylation is 4. The number of hydrogen-bond acceptors (Lipinski definition) is 2. The molecule has 23 heavy (non-hydrogen) atoms. The van der Waals surface area contributed by atoms with Crippen LogP contribution in [0.2, 0.25) is 0 Å². The van der Waals surface area contributed by atoms with E-state index in [1.165, 1.54) is 0 Å². The van der Waals surface area contributed by atoms with Crippen molar-refractivity contribution in [3.05, 3.63) is 57.6 Å². The van der Waals surface area contributed by atoms with Crippen LogP contribution in [0.1, 0.15) is 53.1 Å². The average Bonchev–Trinajstić information content (AvgIpc) is 2.39. The van der Waals surface area contributed by atoms with Gasteiger partial charge in [0, 0.05) is 17.0 Å². The molecule has 124 valence electrons. The molecule has 0 amide bonds. The van der Waals surface area contributed by atoms with E-state index in [4.69, 9.17) is 0 Å². The Kier molecular flexibility index (Phi) is 4.78. The summed E-state index contributed by atoms with van der Waals surface area (Å²) in [5.74, 6) is 0.508. The van der Waals surface area contributed by atoms with Crippen LogP contribution in [0.4, 0.5) is 0 Å². The summed E-state index contributed by atoms with van der Waals surface area (Å²) in [6.07, 6.45) is 0. The summed E-state index contributed by atoms with van der Waals surface area (Å²) in [6.45, 7) is 12.1. The van der Waals surface area contributed by atoms with E-state index >= 15 is 0 Å². The van der Waals surface area contributed by atoms with Crippen molar-refractivity contribution in [2.45, 2.75) is 52.6 Å². The van der Waals surface area contributed by atoms with Crippen LogP contribution in [0.25, 0.3) is 0 Å². The largest absolute Gasteiger partial charge is 0.507 e. The minimum atomic E-state index is -0.227. The number of aromatic hydroxyl groups is 2. The van der Waals surface area contributed by atoms with E-state index in [2.05, 4.69) is 23.1 Å². The van der Waals surface area contributed by atoms with Gasteiger partial charge in [-0.3, -0.25) is 0 Å². The SMILES string of the molecule is Cc1cc(C)c(O)c(C(c2cc(C)cc(C)c2O)C(C)(C)P)c1. The third-order valence-electron chi connectivity index (χ3n) is 4.31. The van der Waals surface area contributed by atoms with Gasteiger partial charge in [0.15, 0.2) is 0 Å². The predicted molar refractivity (Wildman–Crippen MR) is 101 cm³/mol. The fourth-order valence-corrected chi connectivity index (χ4v) is 3.75. The maximum absolute atomic E-state index is 10.7. The molecule has 0 spiro atoms. The van der Waals surface area contributed by atoms with Gasteiger partial charge in [-0.05, 0) is 44.0 Å². The van der Waals surface area contributed by atoms with Crippen LogP contribution in [0, 0.1) is 27.7 Å². The summed E-state index contributed by atoms with van der Waals surface area (Å²) in [5.41, 5.74) is 5.67. The van der Waals surface area contributed by atoms with E-state index in [0.717, 1.165) is 33.4 Å². The molecule has 0 radical (unpaired) electrons. The zero-order valence-corrected chi connectivity index (χ0v) is 16.0. The van der Waals surface area contributed by atoms with Crippen LogP contribution in [0.3, 0.4) is 0 Å². The smallest absolute Gasteiger partial charge is 0.122 e. The van der Waals surface area contributed by atoms with Crippen LogP contribution in [-0.2, 0) is 0 Å². The molecular weight excluding hydrogens is 303 g/mol. The number of phenolic OH excluding ortho intramolecular Hbond substituents is 2. The number of benzene rings is 2. The van der Waals surface area contributed by atoms with Gasteiger partial charge < -0.3 is 10.2 Å². The Morgan fingerprint density at radius 3 is 1.43 bits per heavy atom. The highest BCUT2D eigenvalue weighted by Gasteiger charge is 2.33. The van der Waals surface area contributed by atoms with Gasteiger partial charge in [0.1, 0.15) is 11.5 Å². The lowest BCUT2D eigenvalue weighted by Crippen LogP contribution is -2.24. The minimum absolute atomic E-state index is 0.121. The second-order valence-corrected chi connectivity index (χ2v) is 8.78. The van der Waals surface area contributed by atoms with Crippen LogP contribution in [-0.4, -0.2) is 15.4 Å². The Labute approximate surface area is 141 Å². The lowest BCUT2D eigenvalue weighted by molar-refractivity contribution is 0.438. The fraction of sp³-hybridized carbons (Fsp3) is 0.400. The molecule has 0 fully saturated rings. The van der Waals surface area contributed by atoms with Crippen molar-refractivity contribution < 1.29 is 10.2 Å². The maximum atomic E-state index is 10.7. The highest BCUT2D eigenvalue weighted by molar-refractivity contribution is 7.19. The van der Waals surface area contributed by atoms with Crippen LogP contribution < -0.4 is 0 Å². The molecule has 2 aromatic rings. The normalized spacial score (nSPS) is 12.0. The molecular formula is C20H27O2P. The second kappa shape index (κ2) is 6.17. The third kappa shape index (κ3) is 3.53. The van der Waals surface area contributed by atoms with Gasteiger partial charge in [-0.25, -0.2) is 0 Å². The van der Waals surface area contributed by atoms with E-state index < -0.39 is 0 Å². The maximum Gasteiger partial charge on any atom is 0.122 e. The molecule has 0 aliphatic rings. The molecule has 3 heteroatoms. The van der Waals surface area contributed by atoms with Gasteiger partial charge in [-0.2, -0.15) is 0 Å². The molecule has 1 atom stereocenters. The zero-order chi connectivity index (χ0) is 17.5. The number of rotatable bonds is 3. The van der Waals surface area contributed by atoms with Gasteiger partial charge >= 0.3 is 0 Å². The first-order valence-electron chi connectivity index (χ1n) is 7.91. The van der Waals surface area contributed by atoms with Crippen molar-refractivity contribution in [2.75, 3.05) is 0 Å². The standard InChI is InChI=1S/C20H27O2P/c1-11-7-13(3)18(21)15(9-11)17(20(5,6)23)16-10-12(2)8-14(4)19(16)22/h7-10,17,21-22H,23H2,1-6H3. The third-order valence-corrected chi connectivity index (χ3v) is 4.65. The molecule has 0 aromatic heterocycles. The van der Waals surface area contributed by atoms with Crippen LogP contribution >= 0.6 is 9.24 Å². The Balaban J connectivity index is 2.80. The summed E-state index contributed by atoms with van der Waals surface area (Å²) in [6, 6.07) is 8.01. The molecule has 2 nitrogen and oxygen atoms in total. The van der Waals surface area contributed by atoms with Crippen molar-refractivity contribution in [3.63, 3.8) is 0 Å².